The Morgan fingerprint density at radius 2 is 1.94 bits per heavy atom. The van der Waals surface area contributed by atoms with E-state index >= 15 is 0 Å². The summed E-state index contributed by atoms with van der Waals surface area (Å²) in [6.07, 6.45) is 0.332. The molecule has 92 valence electrons. The summed E-state index contributed by atoms with van der Waals surface area (Å²) in [7, 11) is 0. The van der Waals surface area contributed by atoms with Crippen LogP contribution >= 0.6 is 35.4 Å². The van der Waals surface area contributed by atoms with Crippen molar-refractivity contribution in [2.45, 2.75) is 13.3 Å². The second-order valence-electron chi connectivity index (χ2n) is 3.14. The topological polar surface area (TPSA) is 61.4 Å². The molecule has 1 amide bonds. The van der Waals surface area contributed by atoms with Crippen molar-refractivity contribution < 1.29 is 9.90 Å². The van der Waals surface area contributed by atoms with Crippen LogP contribution in [-0.4, -0.2) is 16.1 Å². The molecule has 0 aromatic heterocycles. The predicted octanol–water partition coefficient (Wildman–Crippen LogP) is 2.92. The third-order valence-electron chi connectivity index (χ3n) is 1.85. The van der Waals surface area contributed by atoms with E-state index < -0.39 is 0 Å². The van der Waals surface area contributed by atoms with Crippen molar-refractivity contribution in [1.29, 1.82) is 0 Å². The maximum absolute atomic E-state index is 11.1. The maximum atomic E-state index is 11.1. The lowest BCUT2D eigenvalue weighted by molar-refractivity contribution is -0.119. The minimum Gasteiger partial charge on any atom is -0.505 e. The Bertz CT molecular complexity index is 443. The van der Waals surface area contributed by atoms with E-state index in [0.29, 0.717) is 12.1 Å². The zero-order valence-corrected chi connectivity index (χ0v) is 11.2. The van der Waals surface area contributed by atoms with Crippen molar-refractivity contribution in [3.8, 4) is 5.75 Å². The molecule has 4 nitrogen and oxygen atoms in total. The number of thiocarbonyl (C=S) groups is 1. The molecule has 0 saturated carbocycles. The van der Waals surface area contributed by atoms with Gasteiger partial charge < -0.3 is 15.7 Å². The van der Waals surface area contributed by atoms with E-state index in [4.69, 9.17) is 35.4 Å². The molecule has 0 bridgehead atoms. The van der Waals surface area contributed by atoms with E-state index in [1.807, 2.05) is 0 Å². The molecule has 7 heteroatoms. The van der Waals surface area contributed by atoms with Crippen LogP contribution in [0.5, 0.6) is 5.75 Å². The molecule has 3 N–H and O–H groups in total. The number of carbonyl (C=O) groups excluding carboxylic acids is 1. The van der Waals surface area contributed by atoms with Crippen molar-refractivity contribution in [1.82, 2.24) is 5.32 Å². The minimum atomic E-state index is -0.196. The lowest BCUT2D eigenvalue weighted by Gasteiger charge is -2.10. The predicted molar refractivity (Wildman–Crippen MR) is 72.8 cm³/mol. The summed E-state index contributed by atoms with van der Waals surface area (Å²) in [6.45, 7) is 1.71. The fourth-order valence-electron chi connectivity index (χ4n) is 1.02. The number of hydrogen-bond acceptors (Lipinski definition) is 3. The number of phenols is 1. The third kappa shape index (κ3) is 4.03. The van der Waals surface area contributed by atoms with E-state index in [9.17, 15) is 9.90 Å². The monoisotopic (exact) mass is 292 g/mol. The Balaban J connectivity index is 2.76. The van der Waals surface area contributed by atoms with Gasteiger partial charge in [0.05, 0.1) is 10.0 Å². The summed E-state index contributed by atoms with van der Waals surface area (Å²) in [5.74, 6) is -0.388. The van der Waals surface area contributed by atoms with Gasteiger partial charge in [0.1, 0.15) is 0 Å². The van der Waals surface area contributed by atoms with E-state index in [1.165, 1.54) is 12.1 Å². The molecule has 0 atom stereocenters. The Morgan fingerprint density at radius 1 is 1.41 bits per heavy atom. The summed E-state index contributed by atoms with van der Waals surface area (Å²) in [6, 6.07) is 2.90. The van der Waals surface area contributed by atoms with Gasteiger partial charge in [-0.05, 0) is 24.4 Å². The minimum absolute atomic E-state index is 0.101. The van der Waals surface area contributed by atoms with E-state index in [-0.39, 0.29) is 26.8 Å². The van der Waals surface area contributed by atoms with Crippen LogP contribution in [0.2, 0.25) is 10.0 Å². The largest absolute Gasteiger partial charge is 0.505 e. The number of amides is 1. The number of anilines is 1. The fourth-order valence-corrected chi connectivity index (χ4v) is 1.73. The molecule has 0 aliphatic heterocycles. The van der Waals surface area contributed by atoms with E-state index in [0.717, 1.165) is 0 Å². The van der Waals surface area contributed by atoms with Gasteiger partial charge in [-0.15, -0.1) is 0 Å². The fraction of sp³-hybridized carbons (Fsp3) is 0.200. The molecular formula is C10H10Cl2N2O2S. The number of aromatic hydroxyl groups is 1. The summed E-state index contributed by atoms with van der Waals surface area (Å²) in [5, 5.41) is 14.9. The van der Waals surface area contributed by atoms with Gasteiger partial charge in [-0.3, -0.25) is 4.79 Å². The van der Waals surface area contributed by atoms with Crippen molar-refractivity contribution in [2.75, 3.05) is 5.32 Å². The highest BCUT2D eigenvalue weighted by molar-refractivity contribution is 7.80. The summed E-state index contributed by atoms with van der Waals surface area (Å²) in [4.78, 5) is 11.1. The molecule has 1 aromatic carbocycles. The molecular weight excluding hydrogens is 283 g/mol. The Kier molecular flexibility index (Phi) is 4.99. The summed E-state index contributed by atoms with van der Waals surface area (Å²) in [5.41, 5.74) is 0.485. The van der Waals surface area contributed by atoms with E-state index in [2.05, 4.69) is 10.6 Å². The molecule has 1 rings (SSSR count). The lowest BCUT2D eigenvalue weighted by atomic mass is 10.3. The second kappa shape index (κ2) is 6.05. The molecule has 1 aromatic rings. The van der Waals surface area contributed by atoms with Crippen molar-refractivity contribution in [2.24, 2.45) is 0 Å². The highest BCUT2D eigenvalue weighted by atomic mass is 35.5. The van der Waals surface area contributed by atoms with Gasteiger partial charge in [-0.2, -0.15) is 0 Å². The first-order chi connectivity index (χ1) is 7.93. The van der Waals surface area contributed by atoms with Crippen LogP contribution in [0.15, 0.2) is 12.1 Å². The summed E-state index contributed by atoms with van der Waals surface area (Å²) >= 11 is 16.4. The van der Waals surface area contributed by atoms with Crippen LogP contribution in [0.25, 0.3) is 0 Å². The smallest absolute Gasteiger partial charge is 0.225 e. The molecule has 0 radical (unpaired) electrons. The zero-order chi connectivity index (χ0) is 13.0. The highest BCUT2D eigenvalue weighted by Crippen LogP contribution is 2.34. The summed E-state index contributed by atoms with van der Waals surface area (Å²) < 4.78 is 0. The normalized spacial score (nSPS) is 9.82. The van der Waals surface area contributed by atoms with Crippen molar-refractivity contribution >= 4 is 52.1 Å². The number of carbonyl (C=O) groups is 1. The first-order valence-corrected chi connectivity index (χ1v) is 5.89. The second-order valence-corrected chi connectivity index (χ2v) is 4.37. The standard InChI is InChI=1S/C10H10Cl2N2O2S/c1-2-8(15)14-10(17)13-5-3-6(11)9(16)7(12)4-5/h3-4,16H,2H2,1H3,(H2,13,14,15,17). The van der Waals surface area contributed by atoms with Gasteiger partial charge in [-0.25, -0.2) is 0 Å². The average molecular weight is 293 g/mol. The molecule has 0 spiro atoms. The number of hydrogen-bond donors (Lipinski definition) is 3. The molecule has 0 unspecified atom stereocenters. The van der Waals surface area contributed by atoms with Crippen LogP contribution in [-0.2, 0) is 4.79 Å². The first kappa shape index (κ1) is 14.0. The lowest BCUT2D eigenvalue weighted by Crippen LogP contribution is -2.33. The maximum Gasteiger partial charge on any atom is 0.225 e. The quantitative estimate of drug-likeness (QED) is 0.579. The zero-order valence-electron chi connectivity index (χ0n) is 8.88. The average Bonchev–Trinajstić information content (AvgIpc) is 2.25. The number of halogens is 2. The van der Waals surface area contributed by atoms with E-state index in [1.54, 1.807) is 6.92 Å². The van der Waals surface area contributed by atoms with Gasteiger partial charge in [-0.1, -0.05) is 30.1 Å². The van der Waals surface area contributed by atoms with Gasteiger partial charge in [0, 0.05) is 12.1 Å². The molecule has 0 saturated heterocycles. The molecule has 0 fully saturated rings. The molecule has 17 heavy (non-hydrogen) atoms. The third-order valence-corrected chi connectivity index (χ3v) is 2.63. The van der Waals surface area contributed by atoms with Crippen LogP contribution in [0, 0.1) is 0 Å². The van der Waals surface area contributed by atoms with Gasteiger partial charge in [0.2, 0.25) is 5.91 Å². The molecule has 0 heterocycles. The number of phenolic OH excluding ortho intramolecular Hbond substituents is 1. The van der Waals surface area contributed by atoms with Crippen LogP contribution in [0.3, 0.4) is 0 Å². The van der Waals surface area contributed by atoms with Crippen LogP contribution < -0.4 is 10.6 Å². The Labute approximate surface area is 114 Å². The van der Waals surface area contributed by atoms with Gasteiger partial charge in [0.25, 0.3) is 0 Å². The SMILES string of the molecule is CCC(=O)NC(=S)Nc1cc(Cl)c(O)c(Cl)c1. The van der Waals surface area contributed by atoms with Gasteiger partial charge in [0.15, 0.2) is 10.9 Å². The van der Waals surface area contributed by atoms with Crippen LogP contribution in [0.4, 0.5) is 5.69 Å². The van der Waals surface area contributed by atoms with Crippen LogP contribution in [0.1, 0.15) is 13.3 Å². The Hall–Kier alpha value is -1.04. The van der Waals surface area contributed by atoms with Crippen molar-refractivity contribution in [3.63, 3.8) is 0 Å². The highest BCUT2D eigenvalue weighted by Gasteiger charge is 2.08. The Morgan fingerprint density at radius 3 is 2.41 bits per heavy atom. The van der Waals surface area contributed by atoms with Gasteiger partial charge >= 0.3 is 0 Å². The van der Waals surface area contributed by atoms with Crippen molar-refractivity contribution in [3.05, 3.63) is 22.2 Å². The number of nitrogens with one attached hydrogen (secondary N) is 2. The number of rotatable bonds is 2. The number of benzene rings is 1. The first-order valence-electron chi connectivity index (χ1n) is 4.73. The molecule has 0 aliphatic rings. The molecule has 0 aliphatic carbocycles.